The number of hydrogen-bond donors (Lipinski definition) is 2. The van der Waals surface area contributed by atoms with Gasteiger partial charge in [0.2, 0.25) is 0 Å². The van der Waals surface area contributed by atoms with Gasteiger partial charge >= 0.3 is 5.97 Å². The van der Waals surface area contributed by atoms with Gasteiger partial charge < -0.3 is 10.4 Å². The SMILES string of the molecule is Cc1cccc(C(=O)NC2CCCCC2(C)C(=O)O)c1I. The molecule has 0 heterocycles. The van der Waals surface area contributed by atoms with Gasteiger partial charge in [-0.3, -0.25) is 9.59 Å². The van der Waals surface area contributed by atoms with E-state index >= 15 is 0 Å². The number of amides is 1. The molecule has 0 spiro atoms. The fourth-order valence-corrected chi connectivity index (χ4v) is 3.48. The summed E-state index contributed by atoms with van der Waals surface area (Å²) >= 11 is 2.16. The minimum absolute atomic E-state index is 0.178. The number of aryl methyl sites for hydroxylation is 1. The zero-order valence-corrected chi connectivity index (χ0v) is 14.4. The summed E-state index contributed by atoms with van der Waals surface area (Å²) in [7, 11) is 0. The van der Waals surface area contributed by atoms with E-state index < -0.39 is 11.4 Å². The molecule has 5 heteroatoms. The smallest absolute Gasteiger partial charge is 0.311 e. The van der Waals surface area contributed by atoms with Gasteiger partial charge in [0.25, 0.3) is 5.91 Å². The van der Waals surface area contributed by atoms with E-state index in [1.807, 2.05) is 19.1 Å². The Morgan fingerprint density at radius 3 is 2.76 bits per heavy atom. The van der Waals surface area contributed by atoms with Crippen LogP contribution in [0.25, 0.3) is 0 Å². The Hall–Kier alpha value is -1.11. The highest BCUT2D eigenvalue weighted by molar-refractivity contribution is 14.1. The van der Waals surface area contributed by atoms with Crippen LogP contribution in [0.2, 0.25) is 0 Å². The molecule has 2 N–H and O–H groups in total. The van der Waals surface area contributed by atoms with E-state index in [9.17, 15) is 14.7 Å². The van der Waals surface area contributed by atoms with Crippen LogP contribution in [0.15, 0.2) is 18.2 Å². The summed E-state index contributed by atoms with van der Waals surface area (Å²) in [6.45, 7) is 3.70. The Morgan fingerprint density at radius 1 is 1.38 bits per heavy atom. The van der Waals surface area contributed by atoms with Crippen LogP contribution in [-0.2, 0) is 4.79 Å². The average molecular weight is 401 g/mol. The molecule has 2 atom stereocenters. The Morgan fingerprint density at radius 2 is 2.10 bits per heavy atom. The molecule has 1 aromatic carbocycles. The normalized spacial score (nSPS) is 25.4. The molecule has 1 saturated carbocycles. The van der Waals surface area contributed by atoms with Gasteiger partial charge in [0.1, 0.15) is 0 Å². The number of rotatable bonds is 3. The topological polar surface area (TPSA) is 66.4 Å². The van der Waals surface area contributed by atoms with Crippen LogP contribution in [-0.4, -0.2) is 23.0 Å². The predicted octanol–water partition coefficient (Wildman–Crippen LogP) is 3.36. The highest BCUT2D eigenvalue weighted by atomic mass is 127. The summed E-state index contributed by atoms with van der Waals surface area (Å²) in [5.41, 5.74) is 0.796. The Bertz CT molecular complexity index is 573. The van der Waals surface area contributed by atoms with Crippen molar-refractivity contribution in [3.8, 4) is 0 Å². The first kappa shape index (κ1) is 16.3. The van der Waals surface area contributed by atoms with Crippen molar-refractivity contribution < 1.29 is 14.7 Å². The third kappa shape index (κ3) is 3.22. The molecule has 114 valence electrons. The second kappa shape index (κ2) is 6.34. The minimum atomic E-state index is -0.872. The second-order valence-corrected chi connectivity index (χ2v) is 7.01. The van der Waals surface area contributed by atoms with Crippen molar-refractivity contribution in [3.05, 3.63) is 32.9 Å². The number of nitrogens with one attached hydrogen (secondary N) is 1. The zero-order valence-electron chi connectivity index (χ0n) is 12.3. The number of aliphatic carboxylic acids is 1. The van der Waals surface area contributed by atoms with Gasteiger partial charge in [-0.1, -0.05) is 25.0 Å². The van der Waals surface area contributed by atoms with Crippen molar-refractivity contribution >= 4 is 34.5 Å². The maximum atomic E-state index is 12.5. The molecular formula is C16H20INO3. The first-order valence-electron chi connectivity index (χ1n) is 7.15. The second-order valence-electron chi connectivity index (χ2n) is 5.93. The molecule has 2 unspecified atom stereocenters. The minimum Gasteiger partial charge on any atom is -0.481 e. The van der Waals surface area contributed by atoms with Crippen LogP contribution in [0.3, 0.4) is 0 Å². The lowest BCUT2D eigenvalue weighted by atomic mass is 9.71. The number of hydrogen-bond acceptors (Lipinski definition) is 2. The third-order valence-electron chi connectivity index (χ3n) is 4.44. The lowest BCUT2D eigenvalue weighted by molar-refractivity contribution is -0.151. The van der Waals surface area contributed by atoms with Gasteiger partial charge in [-0.15, -0.1) is 0 Å². The number of carboxylic acid groups (broad SMARTS) is 1. The van der Waals surface area contributed by atoms with E-state index in [-0.39, 0.29) is 11.9 Å². The lowest BCUT2D eigenvalue weighted by Gasteiger charge is -2.38. The summed E-state index contributed by atoms with van der Waals surface area (Å²) in [4.78, 5) is 24.1. The van der Waals surface area contributed by atoms with E-state index in [1.165, 1.54) is 0 Å². The molecule has 4 nitrogen and oxygen atoms in total. The van der Waals surface area contributed by atoms with E-state index in [1.54, 1.807) is 13.0 Å². The summed E-state index contributed by atoms with van der Waals surface area (Å²) in [6, 6.07) is 5.28. The van der Waals surface area contributed by atoms with E-state index in [4.69, 9.17) is 0 Å². The molecular weight excluding hydrogens is 381 g/mol. The number of carboxylic acids is 1. The lowest BCUT2D eigenvalue weighted by Crippen LogP contribution is -2.52. The molecule has 1 aliphatic carbocycles. The summed E-state index contributed by atoms with van der Waals surface area (Å²) in [5, 5.41) is 12.4. The number of benzene rings is 1. The first-order chi connectivity index (χ1) is 9.86. The predicted molar refractivity (Wildman–Crippen MR) is 89.4 cm³/mol. The maximum absolute atomic E-state index is 12.5. The molecule has 0 aliphatic heterocycles. The zero-order chi connectivity index (χ0) is 15.6. The third-order valence-corrected chi connectivity index (χ3v) is 5.87. The van der Waals surface area contributed by atoms with Crippen molar-refractivity contribution in [3.63, 3.8) is 0 Å². The summed E-state index contributed by atoms with van der Waals surface area (Å²) in [6.07, 6.45) is 3.19. The van der Waals surface area contributed by atoms with Gasteiger partial charge in [-0.25, -0.2) is 0 Å². The molecule has 2 rings (SSSR count). The Balaban J connectivity index is 2.21. The van der Waals surface area contributed by atoms with Crippen molar-refractivity contribution in [1.82, 2.24) is 5.32 Å². The molecule has 1 amide bonds. The standard InChI is InChI=1S/C16H20INO3/c1-10-6-5-7-11(13(10)17)14(19)18-12-8-3-4-9-16(12,2)15(20)21/h5-7,12H,3-4,8-9H2,1-2H3,(H,18,19)(H,20,21). The van der Waals surface area contributed by atoms with E-state index in [0.717, 1.165) is 28.4 Å². The summed E-state index contributed by atoms with van der Waals surface area (Å²) in [5.74, 6) is -1.01. The maximum Gasteiger partial charge on any atom is 0.311 e. The van der Waals surface area contributed by atoms with Crippen LogP contribution in [0.4, 0.5) is 0 Å². The largest absolute Gasteiger partial charge is 0.481 e. The summed E-state index contributed by atoms with van der Waals surface area (Å²) < 4.78 is 0.917. The number of carbonyl (C=O) groups excluding carboxylic acids is 1. The number of halogens is 1. The van der Waals surface area contributed by atoms with Crippen LogP contribution < -0.4 is 5.32 Å². The highest BCUT2D eigenvalue weighted by Crippen LogP contribution is 2.36. The van der Waals surface area contributed by atoms with Crippen LogP contribution >= 0.6 is 22.6 Å². The van der Waals surface area contributed by atoms with Crippen molar-refractivity contribution in [1.29, 1.82) is 0 Å². The van der Waals surface area contributed by atoms with Crippen LogP contribution in [0.5, 0.6) is 0 Å². The molecule has 0 aromatic heterocycles. The molecule has 0 bridgehead atoms. The number of carbonyl (C=O) groups is 2. The molecule has 21 heavy (non-hydrogen) atoms. The van der Waals surface area contributed by atoms with E-state index in [2.05, 4.69) is 27.9 Å². The molecule has 1 fully saturated rings. The van der Waals surface area contributed by atoms with Crippen molar-refractivity contribution in [2.75, 3.05) is 0 Å². The first-order valence-corrected chi connectivity index (χ1v) is 8.23. The molecule has 1 aliphatic rings. The Kier molecular flexibility index (Phi) is 4.91. The van der Waals surface area contributed by atoms with E-state index in [0.29, 0.717) is 12.0 Å². The monoisotopic (exact) mass is 401 g/mol. The van der Waals surface area contributed by atoms with Gasteiger partial charge in [-0.2, -0.15) is 0 Å². The van der Waals surface area contributed by atoms with Gasteiger partial charge in [0.05, 0.1) is 11.0 Å². The Labute approximate surface area is 138 Å². The van der Waals surface area contributed by atoms with Crippen LogP contribution in [0, 0.1) is 15.9 Å². The van der Waals surface area contributed by atoms with Crippen molar-refractivity contribution in [2.45, 2.75) is 45.6 Å². The molecule has 0 saturated heterocycles. The molecule has 1 aromatic rings. The fraction of sp³-hybridized carbons (Fsp3) is 0.500. The van der Waals surface area contributed by atoms with Gasteiger partial charge in [0.15, 0.2) is 0 Å². The average Bonchev–Trinajstić information content (AvgIpc) is 2.44. The fourth-order valence-electron chi connectivity index (χ4n) is 2.88. The van der Waals surface area contributed by atoms with Gasteiger partial charge in [-0.05, 0) is 60.9 Å². The highest BCUT2D eigenvalue weighted by Gasteiger charge is 2.44. The van der Waals surface area contributed by atoms with Gasteiger partial charge in [0, 0.05) is 9.61 Å². The van der Waals surface area contributed by atoms with Crippen molar-refractivity contribution in [2.24, 2.45) is 5.41 Å². The molecule has 0 radical (unpaired) electrons. The quantitative estimate of drug-likeness (QED) is 0.764. The van der Waals surface area contributed by atoms with Crippen LogP contribution in [0.1, 0.15) is 48.5 Å².